The Balaban J connectivity index is 1.01. The van der Waals surface area contributed by atoms with Crippen LogP contribution < -0.4 is 11.1 Å². The highest BCUT2D eigenvalue weighted by molar-refractivity contribution is 7.26. The summed E-state index contributed by atoms with van der Waals surface area (Å²) in [7, 11) is 0. The number of pyridine rings is 2. The standard InChI is InChI=1S/C42H46N4O6S3/c1-3-5-7-9-11-13-21-51-31(47)19-15-25-23-29-39(53-25)43-37-27-17-18-28-34-33(27)35(41(49)45(29)37)55-36(34)42(50)46-30-24-26(54-40(30)44-38(28)46)16-20-32(48)52-22-14-12-10-8-6-4-2/h17-18,23-24H,3-16,19-22H2,1-2H3. The van der Waals surface area contributed by atoms with Crippen LogP contribution in [0.15, 0.2) is 33.9 Å². The lowest BCUT2D eigenvalue weighted by Gasteiger charge is -2.05. The van der Waals surface area contributed by atoms with Crippen LogP contribution in [-0.4, -0.2) is 43.9 Å². The van der Waals surface area contributed by atoms with Crippen LogP contribution >= 0.6 is 34.0 Å². The van der Waals surface area contributed by atoms with E-state index in [1.54, 1.807) is 8.80 Å². The third-order valence-corrected chi connectivity index (χ3v) is 13.9. The normalized spacial score (nSPS) is 12.3. The first kappa shape index (κ1) is 37.7. The molecule has 0 bridgehead atoms. The number of carbonyl (C=O) groups excluding carboxylic acids is 2. The molecule has 8 aromatic rings. The summed E-state index contributed by atoms with van der Waals surface area (Å²) in [5.41, 5.74) is 2.15. The van der Waals surface area contributed by atoms with Crippen molar-refractivity contribution in [1.29, 1.82) is 0 Å². The lowest BCUT2D eigenvalue weighted by Crippen LogP contribution is -2.12. The smallest absolute Gasteiger partial charge is 0.306 e. The second kappa shape index (κ2) is 16.5. The number of aryl methyl sites for hydroxylation is 2. The molecule has 288 valence electrons. The Labute approximate surface area is 329 Å². The van der Waals surface area contributed by atoms with E-state index in [0.717, 1.165) is 66.6 Å². The van der Waals surface area contributed by atoms with E-state index in [0.29, 0.717) is 57.8 Å². The van der Waals surface area contributed by atoms with E-state index in [9.17, 15) is 19.2 Å². The number of imidazole rings is 2. The number of unbranched alkanes of at least 4 members (excludes halogenated alkanes) is 10. The quantitative estimate of drug-likeness (QED) is 0.0424. The number of thiophene rings is 3. The second-order valence-corrected chi connectivity index (χ2v) is 17.9. The molecule has 0 aliphatic heterocycles. The molecule has 0 unspecified atom stereocenters. The summed E-state index contributed by atoms with van der Waals surface area (Å²) in [6, 6.07) is 7.88. The predicted octanol–water partition coefficient (Wildman–Crippen LogP) is 10.2. The first-order chi connectivity index (χ1) is 26.9. The van der Waals surface area contributed by atoms with Crippen molar-refractivity contribution in [3.05, 3.63) is 54.7 Å². The zero-order chi connectivity index (χ0) is 38.1. The Morgan fingerprint density at radius 1 is 0.600 bits per heavy atom. The molecule has 0 saturated carbocycles. The fourth-order valence-electron chi connectivity index (χ4n) is 7.75. The minimum atomic E-state index is -0.205. The Bertz CT molecular complexity index is 2570. The molecule has 7 heterocycles. The molecule has 0 N–H and O–H groups in total. The molecule has 1 aromatic carbocycles. The molecule has 0 spiro atoms. The zero-order valence-corrected chi connectivity index (χ0v) is 33.9. The molecule has 0 atom stereocenters. The molecule has 0 radical (unpaired) electrons. The highest BCUT2D eigenvalue weighted by atomic mass is 32.1. The van der Waals surface area contributed by atoms with Crippen LogP contribution in [0.2, 0.25) is 0 Å². The van der Waals surface area contributed by atoms with Crippen LogP contribution in [0.1, 0.15) is 113 Å². The van der Waals surface area contributed by atoms with Gasteiger partial charge in [-0.3, -0.25) is 28.0 Å². The summed E-state index contributed by atoms with van der Waals surface area (Å²) in [5.74, 6) is -0.410. The van der Waals surface area contributed by atoms with Gasteiger partial charge >= 0.3 is 11.9 Å². The largest absolute Gasteiger partial charge is 0.466 e. The molecule has 10 nitrogen and oxygen atoms in total. The van der Waals surface area contributed by atoms with Crippen LogP contribution in [0.3, 0.4) is 0 Å². The molecule has 0 amide bonds. The Kier molecular flexibility index (Phi) is 11.3. The van der Waals surface area contributed by atoms with Crippen molar-refractivity contribution >= 4 is 109 Å². The maximum Gasteiger partial charge on any atom is 0.306 e. The van der Waals surface area contributed by atoms with E-state index in [1.165, 1.54) is 85.4 Å². The van der Waals surface area contributed by atoms with Crippen molar-refractivity contribution in [2.75, 3.05) is 13.2 Å². The van der Waals surface area contributed by atoms with Gasteiger partial charge in [0.1, 0.15) is 30.4 Å². The van der Waals surface area contributed by atoms with Gasteiger partial charge in [0.2, 0.25) is 0 Å². The van der Waals surface area contributed by atoms with Crippen molar-refractivity contribution in [1.82, 2.24) is 18.8 Å². The van der Waals surface area contributed by atoms with Crippen molar-refractivity contribution < 1.29 is 19.1 Å². The Morgan fingerprint density at radius 2 is 1.02 bits per heavy atom. The van der Waals surface area contributed by atoms with Crippen molar-refractivity contribution in [2.45, 2.75) is 117 Å². The van der Waals surface area contributed by atoms with Gasteiger partial charge in [0.15, 0.2) is 0 Å². The lowest BCUT2D eigenvalue weighted by atomic mass is 10.0. The molecule has 55 heavy (non-hydrogen) atoms. The second-order valence-electron chi connectivity index (χ2n) is 14.6. The van der Waals surface area contributed by atoms with Crippen molar-refractivity contribution in [3.8, 4) is 0 Å². The predicted molar refractivity (Wildman–Crippen MR) is 225 cm³/mol. The van der Waals surface area contributed by atoms with Gasteiger partial charge in [-0.15, -0.1) is 34.0 Å². The van der Waals surface area contributed by atoms with E-state index in [2.05, 4.69) is 13.8 Å². The molecule has 7 aromatic heterocycles. The highest BCUT2D eigenvalue weighted by Gasteiger charge is 2.26. The van der Waals surface area contributed by atoms with Gasteiger partial charge < -0.3 is 9.47 Å². The number of ether oxygens (including phenoxy) is 2. The van der Waals surface area contributed by atoms with E-state index in [1.807, 2.05) is 24.3 Å². The van der Waals surface area contributed by atoms with E-state index in [-0.39, 0.29) is 35.9 Å². The molecule has 0 fully saturated rings. The molecule has 0 saturated heterocycles. The number of fused-ring (bicyclic) bond motifs is 8. The molecular weight excluding hydrogens is 753 g/mol. The minimum Gasteiger partial charge on any atom is -0.466 e. The topological polar surface area (TPSA) is 121 Å². The highest BCUT2D eigenvalue weighted by Crippen LogP contribution is 2.42. The molecule has 0 aliphatic carbocycles. The lowest BCUT2D eigenvalue weighted by molar-refractivity contribution is -0.144. The average molecular weight is 799 g/mol. The summed E-state index contributed by atoms with van der Waals surface area (Å²) in [6.07, 6.45) is 15.3. The van der Waals surface area contributed by atoms with Gasteiger partial charge in [-0.2, -0.15) is 0 Å². The Hall–Kier alpha value is -4.20. The number of rotatable bonds is 20. The fraction of sp³-hybridized carbons (Fsp3) is 0.476. The SMILES string of the molecule is CCCCCCCCOC(=O)CCc1cc2c(nc3c4ccc5c6c(sc(c(=O)n23)c46)c(=O)n2c3cc(CCC(=O)OCCCCCCCC)sc3nc52)s1. The minimum absolute atomic E-state index is 0.204. The van der Waals surface area contributed by atoms with Gasteiger partial charge in [-0.05, 0) is 49.9 Å². The van der Waals surface area contributed by atoms with Gasteiger partial charge in [-0.25, -0.2) is 9.97 Å². The van der Waals surface area contributed by atoms with Crippen LogP contribution in [0.25, 0.3) is 62.9 Å². The monoisotopic (exact) mass is 798 g/mol. The van der Waals surface area contributed by atoms with Crippen LogP contribution in [-0.2, 0) is 31.9 Å². The summed E-state index contributed by atoms with van der Waals surface area (Å²) < 4.78 is 15.3. The van der Waals surface area contributed by atoms with Crippen LogP contribution in [0.4, 0.5) is 0 Å². The first-order valence-corrected chi connectivity index (χ1v) is 22.4. The summed E-state index contributed by atoms with van der Waals surface area (Å²) in [6.45, 7) is 5.31. The van der Waals surface area contributed by atoms with Gasteiger partial charge in [0, 0.05) is 31.3 Å². The average Bonchev–Trinajstić information content (AvgIpc) is 4.00. The molecular formula is C42H46N4O6S3. The van der Waals surface area contributed by atoms with E-state index < -0.39 is 0 Å². The van der Waals surface area contributed by atoms with E-state index >= 15 is 0 Å². The summed E-state index contributed by atoms with van der Waals surface area (Å²) >= 11 is 4.22. The van der Waals surface area contributed by atoms with Gasteiger partial charge in [-0.1, -0.05) is 78.1 Å². The van der Waals surface area contributed by atoms with Crippen LogP contribution in [0.5, 0.6) is 0 Å². The molecule has 8 rings (SSSR count). The number of benzene rings is 1. The number of hydrogen-bond donors (Lipinski definition) is 0. The summed E-state index contributed by atoms with van der Waals surface area (Å²) in [4.78, 5) is 66.6. The number of esters is 2. The third kappa shape index (κ3) is 7.31. The first-order valence-electron chi connectivity index (χ1n) is 19.9. The van der Waals surface area contributed by atoms with Crippen molar-refractivity contribution in [2.24, 2.45) is 0 Å². The molecule has 0 aliphatic rings. The van der Waals surface area contributed by atoms with Gasteiger partial charge in [0.25, 0.3) is 11.1 Å². The maximum atomic E-state index is 14.2. The Morgan fingerprint density at radius 3 is 1.45 bits per heavy atom. The van der Waals surface area contributed by atoms with Crippen LogP contribution in [0, 0.1) is 0 Å². The number of nitrogens with zero attached hydrogens (tertiary/aromatic N) is 4. The van der Waals surface area contributed by atoms with Gasteiger partial charge in [0.05, 0.1) is 37.1 Å². The van der Waals surface area contributed by atoms with Crippen molar-refractivity contribution in [3.63, 3.8) is 0 Å². The van der Waals surface area contributed by atoms with E-state index in [4.69, 9.17) is 19.4 Å². The third-order valence-electron chi connectivity index (χ3n) is 10.6. The maximum absolute atomic E-state index is 14.2. The molecule has 13 heteroatoms. The fourth-order valence-corrected chi connectivity index (χ4v) is 11.0. The number of hydrogen-bond acceptors (Lipinski definition) is 11. The number of carbonyl (C=O) groups is 2. The zero-order valence-electron chi connectivity index (χ0n) is 31.5. The number of aromatic nitrogens is 4. The summed E-state index contributed by atoms with van der Waals surface area (Å²) in [5, 5.41) is 3.15.